The Hall–Kier alpha value is -4.20. The molecule has 0 aliphatic heterocycles. The smallest absolute Gasteiger partial charge is 0.273 e. The molecule has 0 radical (unpaired) electrons. The Labute approximate surface area is 183 Å². The molecule has 2 heterocycles. The highest BCUT2D eigenvalue weighted by Crippen LogP contribution is 2.27. The van der Waals surface area contributed by atoms with Crippen molar-refractivity contribution in [1.29, 1.82) is 0 Å². The predicted octanol–water partition coefficient (Wildman–Crippen LogP) is 3.04. The van der Waals surface area contributed by atoms with E-state index in [0.29, 0.717) is 16.7 Å². The number of benzene rings is 2. The van der Waals surface area contributed by atoms with Crippen LogP contribution in [0.1, 0.15) is 27.3 Å². The van der Waals surface area contributed by atoms with Crippen LogP contribution in [0, 0.1) is 20.8 Å². The van der Waals surface area contributed by atoms with Gasteiger partial charge in [0.05, 0.1) is 16.6 Å². The fraction of sp³-hybridized carbons (Fsp3) is 0.167. The minimum Gasteiger partial charge on any atom is -0.455 e. The largest absolute Gasteiger partial charge is 0.455 e. The zero-order valence-corrected chi connectivity index (χ0v) is 17.9. The molecule has 0 spiro atoms. The topological polar surface area (TPSA) is 106 Å². The van der Waals surface area contributed by atoms with Gasteiger partial charge in [-0.05, 0) is 39.0 Å². The van der Waals surface area contributed by atoms with Crippen molar-refractivity contribution in [3.05, 3.63) is 87.3 Å². The van der Waals surface area contributed by atoms with E-state index >= 15 is 0 Å². The molecular weight excluding hydrogens is 408 g/mol. The number of hydrazine groups is 1. The summed E-state index contributed by atoms with van der Waals surface area (Å²) in [6.07, 6.45) is 0. The number of fused-ring (bicyclic) bond motifs is 1. The number of aryl methyl sites for hydroxylation is 2. The van der Waals surface area contributed by atoms with Crippen LogP contribution < -0.4 is 16.3 Å². The Balaban J connectivity index is 1.61. The maximum Gasteiger partial charge on any atom is 0.273 e. The first kappa shape index (κ1) is 21.0. The van der Waals surface area contributed by atoms with E-state index in [1.807, 2.05) is 50.2 Å². The average molecular weight is 430 g/mol. The SMILES string of the molecule is Cc1cc(C)n(CC(=O)NNC(=O)c2cccc3c(=O)c(C)c(-c4ccccc4)oc23)n1. The van der Waals surface area contributed by atoms with Crippen LogP contribution in [-0.2, 0) is 11.3 Å². The van der Waals surface area contributed by atoms with E-state index in [4.69, 9.17) is 4.42 Å². The first-order chi connectivity index (χ1) is 15.3. The second-order valence-corrected chi connectivity index (χ2v) is 7.52. The van der Waals surface area contributed by atoms with Crippen LogP contribution in [0.2, 0.25) is 0 Å². The van der Waals surface area contributed by atoms with Gasteiger partial charge in [0.15, 0.2) is 11.0 Å². The van der Waals surface area contributed by atoms with Gasteiger partial charge in [-0.1, -0.05) is 36.4 Å². The van der Waals surface area contributed by atoms with Gasteiger partial charge in [0.25, 0.3) is 11.8 Å². The monoisotopic (exact) mass is 430 g/mol. The molecule has 2 aromatic carbocycles. The van der Waals surface area contributed by atoms with Gasteiger partial charge in [0, 0.05) is 16.8 Å². The number of rotatable bonds is 4. The minimum absolute atomic E-state index is 0.0398. The molecule has 0 fully saturated rings. The predicted molar refractivity (Wildman–Crippen MR) is 120 cm³/mol. The molecule has 0 aliphatic rings. The lowest BCUT2D eigenvalue weighted by atomic mass is 10.0. The fourth-order valence-electron chi connectivity index (χ4n) is 3.56. The Morgan fingerprint density at radius 3 is 2.44 bits per heavy atom. The lowest BCUT2D eigenvalue weighted by Gasteiger charge is -2.11. The van der Waals surface area contributed by atoms with E-state index in [9.17, 15) is 14.4 Å². The van der Waals surface area contributed by atoms with Crippen LogP contribution in [-0.4, -0.2) is 21.6 Å². The van der Waals surface area contributed by atoms with Gasteiger partial charge in [-0.25, -0.2) is 0 Å². The van der Waals surface area contributed by atoms with Crippen LogP contribution in [0.15, 0.2) is 63.8 Å². The van der Waals surface area contributed by atoms with E-state index in [1.54, 1.807) is 23.7 Å². The molecule has 4 aromatic rings. The minimum atomic E-state index is -0.594. The Kier molecular flexibility index (Phi) is 5.59. The summed E-state index contributed by atoms with van der Waals surface area (Å²) in [5.74, 6) is -0.632. The molecule has 32 heavy (non-hydrogen) atoms. The van der Waals surface area contributed by atoms with Crippen LogP contribution in [0.25, 0.3) is 22.3 Å². The molecule has 162 valence electrons. The average Bonchev–Trinajstić information content (AvgIpc) is 3.11. The number of hydrogen-bond acceptors (Lipinski definition) is 5. The molecular formula is C24H22N4O4. The number of nitrogens with one attached hydrogen (secondary N) is 2. The summed E-state index contributed by atoms with van der Waals surface area (Å²) in [5.41, 5.74) is 7.69. The van der Waals surface area contributed by atoms with Crippen LogP contribution in [0.3, 0.4) is 0 Å². The van der Waals surface area contributed by atoms with E-state index in [0.717, 1.165) is 17.0 Å². The first-order valence-electron chi connectivity index (χ1n) is 10.1. The lowest BCUT2D eigenvalue weighted by molar-refractivity contribution is -0.122. The molecule has 8 heteroatoms. The van der Waals surface area contributed by atoms with Crippen LogP contribution >= 0.6 is 0 Å². The van der Waals surface area contributed by atoms with Gasteiger partial charge in [-0.15, -0.1) is 0 Å². The fourth-order valence-corrected chi connectivity index (χ4v) is 3.56. The van der Waals surface area contributed by atoms with Crippen molar-refractivity contribution in [3.63, 3.8) is 0 Å². The Bertz CT molecular complexity index is 1390. The van der Waals surface area contributed by atoms with E-state index in [1.165, 1.54) is 6.07 Å². The summed E-state index contributed by atoms with van der Waals surface area (Å²) in [4.78, 5) is 38.0. The van der Waals surface area contributed by atoms with E-state index in [-0.39, 0.29) is 23.1 Å². The highest BCUT2D eigenvalue weighted by atomic mass is 16.3. The van der Waals surface area contributed by atoms with Crippen LogP contribution in [0.5, 0.6) is 0 Å². The number of hydrogen-bond donors (Lipinski definition) is 2. The summed E-state index contributed by atoms with van der Waals surface area (Å²) in [6.45, 7) is 5.33. The van der Waals surface area contributed by atoms with Crippen molar-refractivity contribution in [3.8, 4) is 11.3 Å². The molecule has 0 unspecified atom stereocenters. The third kappa shape index (κ3) is 4.02. The molecule has 4 rings (SSSR count). The summed E-state index contributed by atoms with van der Waals surface area (Å²) >= 11 is 0. The summed E-state index contributed by atoms with van der Waals surface area (Å²) in [6, 6.07) is 15.8. The van der Waals surface area contributed by atoms with Gasteiger partial charge < -0.3 is 4.42 Å². The lowest BCUT2D eigenvalue weighted by Crippen LogP contribution is -2.43. The molecule has 2 amide bonds. The second-order valence-electron chi connectivity index (χ2n) is 7.52. The molecule has 0 aliphatic carbocycles. The summed E-state index contributed by atoms with van der Waals surface area (Å²) in [5, 5.41) is 4.52. The molecule has 8 nitrogen and oxygen atoms in total. The van der Waals surface area contributed by atoms with Gasteiger partial charge in [0.1, 0.15) is 12.3 Å². The number of amides is 2. The zero-order valence-electron chi connectivity index (χ0n) is 17.9. The van der Waals surface area contributed by atoms with Crippen molar-refractivity contribution < 1.29 is 14.0 Å². The van der Waals surface area contributed by atoms with Crippen LogP contribution in [0.4, 0.5) is 0 Å². The third-order valence-corrected chi connectivity index (χ3v) is 5.14. The number of para-hydroxylation sites is 1. The maximum atomic E-state index is 12.9. The van der Waals surface area contributed by atoms with Gasteiger partial charge in [-0.3, -0.25) is 29.9 Å². The van der Waals surface area contributed by atoms with E-state index in [2.05, 4.69) is 16.0 Å². The molecule has 0 atom stereocenters. The quantitative estimate of drug-likeness (QED) is 0.484. The maximum absolute atomic E-state index is 12.9. The van der Waals surface area contributed by atoms with Crippen molar-refractivity contribution in [1.82, 2.24) is 20.6 Å². The van der Waals surface area contributed by atoms with Crippen molar-refractivity contribution in [2.45, 2.75) is 27.3 Å². The van der Waals surface area contributed by atoms with E-state index < -0.39 is 11.8 Å². The standard InChI is InChI=1S/C24H22N4O4/c1-14-12-15(2)28(27-14)13-20(29)25-26-24(31)19-11-7-10-18-21(30)16(3)22(32-23(18)19)17-8-5-4-6-9-17/h4-12H,13H2,1-3H3,(H,25,29)(H,26,31). The Morgan fingerprint density at radius 2 is 1.75 bits per heavy atom. The zero-order chi connectivity index (χ0) is 22.8. The molecule has 2 N–H and O–H groups in total. The normalized spacial score (nSPS) is 10.8. The number of carbonyl (C=O) groups is 2. The molecule has 2 aromatic heterocycles. The highest BCUT2D eigenvalue weighted by molar-refractivity contribution is 6.05. The van der Waals surface area contributed by atoms with Gasteiger partial charge in [0.2, 0.25) is 0 Å². The number of aromatic nitrogens is 2. The van der Waals surface area contributed by atoms with Gasteiger partial charge >= 0.3 is 0 Å². The van der Waals surface area contributed by atoms with Crippen molar-refractivity contribution in [2.24, 2.45) is 0 Å². The van der Waals surface area contributed by atoms with Crippen molar-refractivity contribution in [2.75, 3.05) is 0 Å². The first-order valence-corrected chi connectivity index (χ1v) is 10.1. The molecule has 0 bridgehead atoms. The van der Waals surface area contributed by atoms with Crippen molar-refractivity contribution >= 4 is 22.8 Å². The number of nitrogens with zero attached hydrogens (tertiary/aromatic N) is 2. The summed E-state index contributed by atoms with van der Waals surface area (Å²) in [7, 11) is 0. The third-order valence-electron chi connectivity index (χ3n) is 5.14. The Morgan fingerprint density at radius 1 is 1.00 bits per heavy atom. The molecule has 0 saturated heterocycles. The number of carbonyl (C=O) groups excluding carboxylic acids is 2. The summed E-state index contributed by atoms with van der Waals surface area (Å²) < 4.78 is 7.59. The molecule has 0 saturated carbocycles. The highest BCUT2D eigenvalue weighted by Gasteiger charge is 2.19. The second kappa shape index (κ2) is 8.50. The van der Waals surface area contributed by atoms with Gasteiger partial charge in [-0.2, -0.15) is 5.10 Å².